The van der Waals surface area contributed by atoms with Gasteiger partial charge in [0.1, 0.15) is 0 Å². The maximum absolute atomic E-state index is 10.7. The second-order valence-electron chi connectivity index (χ2n) is 5.39. The summed E-state index contributed by atoms with van der Waals surface area (Å²) in [5.41, 5.74) is 5.04. The van der Waals surface area contributed by atoms with Crippen LogP contribution in [-0.4, -0.2) is 10.8 Å². The number of anilines is 1. The number of azo groups is 1. The van der Waals surface area contributed by atoms with E-state index in [-0.39, 0.29) is 5.69 Å². The lowest BCUT2D eigenvalue weighted by atomic mass is 10.2. The predicted octanol–water partition coefficient (Wildman–Crippen LogP) is 5.91. The molecule has 7 nitrogen and oxygen atoms in total. The Bertz CT molecular complexity index is 971. The van der Waals surface area contributed by atoms with Gasteiger partial charge in [-0.3, -0.25) is 15.5 Å². The van der Waals surface area contributed by atoms with Crippen LogP contribution in [0.2, 0.25) is 0 Å². The molecule has 0 aliphatic rings. The van der Waals surface area contributed by atoms with Gasteiger partial charge in [0, 0.05) is 22.2 Å². The van der Waals surface area contributed by atoms with Gasteiger partial charge in [0.15, 0.2) is 0 Å². The first-order valence-electron chi connectivity index (χ1n) is 7.93. The number of non-ortho nitro benzene ring substituents is 1. The molecule has 0 aliphatic heterocycles. The van der Waals surface area contributed by atoms with E-state index in [1.807, 2.05) is 54.6 Å². The summed E-state index contributed by atoms with van der Waals surface area (Å²) in [5, 5.41) is 23.4. The smallest absolute Gasteiger partial charge is 0.269 e. The number of nitro groups is 1. The number of nitro benzene ring substituents is 1. The maximum atomic E-state index is 10.7. The van der Waals surface area contributed by atoms with E-state index in [1.165, 1.54) is 24.3 Å². The summed E-state index contributed by atoms with van der Waals surface area (Å²) < 4.78 is 0.971. The van der Waals surface area contributed by atoms with E-state index in [1.54, 1.807) is 0 Å². The molecule has 0 heterocycles. The molecule has 0 saturated carbocycles. The Labute approximate surface area is 163 Å². The SMILES string of the molecule is O=[N+]([O-])c1ccc(N=NC(=NNc2ccc(Br)cc2)c2ccccc2)cc1. The fraction of sp³-hybridized carbons (Fsp3) is 0. The fourth-order valence-corrected chi connectivity index (χ4v) is 2.38. The number of nitrogens with zero attached hydrogens (tertiary/aromatic N) is 4. The van der Waals surface area contributed by atoms with E-state index in [2.05, 4.69) is 36.7 Å². The maximum Gasteiger partial charge on any atom is 0.269 e. The third-order valence-corrected chi connectivity index (χ3v) is 4.02. The van der Waals surface area contributed by atoms with Gasteiger partial charge in [-0.05, 0) is 36.4 Å². The third-order valence-electron chi connectivity index (χ3n) is 3.49. The zero-order chi connectivity index (χ0) is 19.1. The Morgan fingerprint density at radius 1 is 0.926 bits per heavy atom. The van der Waals surface area contributed by atoms with Crippen LogP contribution in [0.15, 0.2) is 98.7 Å². The van der Waals surface area contributed by atoms with Crippen molar-refractivity contribution in [1.29, 1.82) is 0 Å². The van der Waals surface area contributed by atoms with Crippen molar-refractivity contribution in [3.63, 3.8) is 0 Å². The minimum Gasteiger partial charge on any atom is -0.276 e. The number of nitrogens with one attached hydrogen (secondary N) is 1. The van der Waals surface area contributed by atoms with Crippen LogP contribution in [0.5, 0.6) is 0 Å². The zero-order valence-electron chi connectivity index (χ0n) is 14.0. The number of benzene rings is 3. The second kappa shape index (κ2) is 8.81. The van der Waals surface area contributed by atoms with Gasteiger partial charge < -0.3 is 0 Å². The highest BCUT2D eigenvalue weighted by Gasteiger charge is 2.05. The molecule has 3 rings (SSSR count). The van der Waals surface area contributed by atoms with Crippen LogP contribution in [0, 0.1) is 10.1 Å². The largest absolute Gasteiger partial charge is 0.276 e. The van der Waals surface area contributed by atoms with E-state index < -0.39 is 4.92 Å². The van der Waals surface area contributed by atoms with Gasteiger partial charge in [-0.25, -0.2) is 0 Å². The molecule has 0 saturated heterocycles. The molecule has 1 N–H and O–H groups in total. The topological polar surface area (TPSA) is 92.2 Å². The Balaban J connectivity index is 1.84. The first-order valence-corrected chi connectivity index (χ1v) is 8.72. The molecular weight excluding hydrogens is 410 g/mol. The molecule has 0 unspecified atom stereocenters. The summed E-state index contributed by atoms with van der Waals surface area (Å²) in [6.45, 7) is 0. The molecule has 0 aromatic heterocycles. The predicted molar refractivity (Wildman–Crippen MR) is 108 cm³/mol. The highest BCUT2D eigenvalue weighted by Crippen LogP contribution is 2.19. The molecule has 134 valence electrons. The Hall–Kier alpha value is -3.39. The normalized spacial score (nSPS) is 11.5. The standard InChI is InChI=1S/C19H14BrN5O2/c20-15-6-8-16(9-7-15)21-23-19(14-4-2-1-3-5-14)24-22-17-10-12-18(13-11-17)25(26)27/h1-13,21H. The van der Waals surface area contributed by atoms with E-state index >= 15 is 0 Å². The molecule has 0 bridgehead atoms. The van der Waals surface area contributed by atoms with Crippen molar-refractivity contribution >= 4 is 38.8 Å². The van der Waals surface area contributed by atoms with Crippen LogP contribution >= 0.6 is 15.9 Å². The van der Waals surface area contributed by atoms with Gasteiger partial charge in [0.05, 0.1) is 16.3 Å². The van der Waals surface area contributed by atoms with Crippen molar-refractivity contribution in [2.45, 2.75) is 0 Å². The second-order valence-corrected chi connectivity index (χ2v) is 6.31. The molecule has 0 radical (unpaired) electrons. The monoisotopic (exact) mass is 423 g/mol. The Morgan fingerprint density at radius 3 is 2.22 bits per heavy atom. The van der Waals surface area contributed by atoms with Crippen LogP contribution in [-0.2, 0) is 0 Å². The van der Waals surface area contributed by atoms with Crippen LogP contribution < -0.4 is 5.43 Å². The van der Waals surface area contributed by atoms with Gasteiger partial charge in [0.25, 0.3) is 5.69 Å². The quantitative estimate of drug-likeness (QED) is 0.181. The van der Waals surface area contributed by atoms with Crippen molar-refractivity contribution in [3.05, 3.63) is 99.0 Å². The average Bonchev–Trinajstić information content (AvgIpc) is 2.70. The van der Waals surface area contributed by atoms with Gasteiger partial charge in [-0.1, -0.05) is 46.3 Å². The van der Waals surface area contributed by atoms with E-state index in [0.29, 0.717) is 11.5 Å². The molecular formula is C19H14BrN5O2. The third kappa shape index (κ3) is 5.29. The first-order chi connectivity index (χ1) is 13.1. The minimum atomic E-state index is -0.458. The van der Waals surface area contributed by atoms with Crippen molar-refractivity contribution in [1.82, 2.24) is 0 Å². The van der Waals surface area contributed by atoms with E-state index in [4.69, 9.17) is 0 Å². The van der Waals surface area contributed by atoms with E-state index in [0.717, 1.165) is 15.7 Å². The average molecular weight is 424 g/mol. The van der Waals surface area contributed by atoms with Crippen LogP contribution in [0.3, 0.4) is 0 Å². The lowest BCUT2D eigenvalue weighted by Crippen LogP contribution is -2.01. The van der Waals surface area contributed by atoms with Crippen LogP contribution in [0.25, 0.3) is 0 Å². The molecule has 0 fully saturated rings. The van der Waals surface area contributed by atoms with Crippen molar-refractivity contribution < 1.29 is 4.92 Å². The lowest BCUT2D eigenvalue weighted by molar-refractivity contribution is -0.384. The minimum absolute atomic E-state index is 0.00260. The van der Waals surface area contributed by atoms with Crippen molar-refractivity contribution in [2.24, 2.45) is 15.3 Å². The number of hydrogen-bond acceptors (Lipinski definition) is 5. The van der Waals surface area contributed by atoms with Crippen molar-refractivity contribution in [2.75, 3.05) is 5.43 Å². The van der Waals surface area contributed by atoms with Gasteiger partial charge >= 0.3 is 0 Å². The molecule has 3 aromatic rings. The molecule has 8 heteroatoms. The number of rotatable bonds is 5. The summed E-state index contributed by atoms with van der Waals surface area (Å²) in [7, 11) is 0. The van der Waals surface area contributed by atoms with Crippen molar-refractivity contribution in [3.8, 4) is 0 Å². The van der Waals surface area contributed by atoms with Crippen LogP contribution in [0.4, 0.5) is 17.1 Å². The Kier molecular flexibility index (Phi) is 6.01. The zero-order valence-corrected chi connectivity index (χ0v) is 15.6. The molecule has 0 aliphatic carbocycles. The summed E-state index contributed by atoms with van der Waals surface area (Å²) in [5.74, 6) is 0.386. The highest BCUT2D eigenvalue weighted by molar-refractivity contribution is 9.10. The first kappa shape index (κ1) is 18.4. The summed E-state index contributed by atoms with van der Waals surface area (Å²) in [4.78, 5) is 10.3. The molecule has 27 heavy (non-hydrogen) atoms. The molecule has 0 atom stereocenters. The van der Waals surface area contributed by atoms with E-state index in [9.17, 15) is 10.1 Å². The van der Waals surface area contributed by atoms with Gasteiger partial charge in [-0.15, -0.1) is 10.2 Å². The number of hydrazone groups is 1. The number of amidine groups is 1. The van der Waals surface area contributed by atoms with Gasteiger partial charge in [0.2, 0.25) is 5.84 Å². The van der Waals surface area contributed by atoms with Crippen LogP contribution in [0.1, 0.15) is 5.56 Å². The Morgan fingerprint density at radius 2 is 1.59 bits per heavy atom. The number of hydrogen-bond donors (Lipinski definition) is 1. The highest BCUT2D eigenvalue weighted by atomic mass is 79.9. The molecule has 0 spiro atoms. The summed E-state index contributed by atoms with van der Waals surface area (Å²) in [6, 6.07) is 22.8. The van der Waals surface area contributed by atoms with Gasteiger partial charge in [-0.2, -0.15) is 5.10 Å². The fourth-order valence-electron chi connectivity index (χ4n) is 2.12. The summed E-state index contributed by atoms with van der Waals surface area (Å²) in [6.07, 6.45) is 0. The molecule has 0 amide bonds. The number of halogens is 1. The molecule has 3 aromatic carbocycles. The lowest BCUT2D eigenvalue weighted by Gasteiger charge is -2.03. The summed E-state index contributed by atoms with van der Waals surface area (Å²) >= 11 is 3.39.